The van der Waals surface area contributed by atoms with Crippen molar-refractivity contribution in [1.82, 2.24) is 19.5 Å². The van der Waals surface area contributed by atoms with Gasteiger partial charge >= 0.3 is 0 Å². The van der Waals surface area contributed by atoms with Crippen molar-refractivity contribution in [3.05, 3.63) is 170 Å². The molecule has 0 atom stereocenters. The number of aromatic nitrogens is 4. The second kappa shape index (κ2) is 11.4. The van der Waals surface area contributed by atoms with Gasteiger partial charge in [0.05, 0.1) is 17.9 Å². The lowest BCUT2D eigenvalue weighted by atomic mass is 10.0. The lowest BCUT2D eigenvalue weighted by molar-refractivity contribution is 0.670. The molecular formula is C45H28N4O. The minimum absolute atomic E-state index is 0.0914. The Bertz CT molecular complexity index is 3130. The Morgan fingerprint density at radius 1 is 0.460 bits per heavy atom. The summed E-state index contributed by atoms with van der Waals surface area (Å²) in [4.78, 5) is 15.0. The normalized spacial score (nSPS) is 13.0. The summed E-state index contributed by atoms with van der Waals surface area (Å²) in [6.07, 6.45) is 0. The van der Waals surface area contributed by atoms with Crippen LogP contribution in [0, 0.1) is 0 Å². The van der Waals surface area contributed by atoms with Crippen molar-refractivity contribution in [2.24, 2.45) is 0 Å². The van der Waals surface area contributed by atoms with Crippen LogP contribution in [0.4, 0.5) is 0 Å². The van der Waals surface area contributed by atoms with E-state index in [2.05, 4.69) is 59.2 Å². The van der Waals surface area contributed by atoms with Crippen molar-refractivity contribution in [2.75, 3.05) is 0 Å². The minimum atomic E-state index is -0.440. The number of hydrogen-bond acceptors (Lipinski definition) is 4. The average molecular weight is 646 g/mol. The molecular weight excluding hydrogens is 613 g/mol. The summed E-state index contributed by atoms with van der Waals surface area (Å²) in [7, 11) is 0. The number of benzene rings is 7. The van der Waals surface area contributed by atoms with E-state index in [-0.39, 0.29) is 17.6 Å². The van der Waals surface area contributed by atoms with Crippen molar-refractivity contribution >= 4 is 43.7 Å². The van der Waals surface area contributed by atoms with Crippen LogP contribution in [-0.4, -0.2) is 19.5 Å². The molecule has 7 aromatic carbocycles. The molecule has 5 nitrogen and oxygen atoms in total. The Morgan fingerprint density at radius 3 is 1.86 bits per heavy atom. The van der Waals surface area contributed by atoms with Gasteiger partial charge in [-0.25, -0.2) is 15.0 Å². The predicted octanol–water partition coefficient (Wildman–Crippen LogP) is 11.5. The van der Waals surface area contributed by atoms with E-state index in [0.29, 0.717) is 39.8 Å². The van der Waals surface area contributed by atoms with E-state index >= 15 is 0 Å². The zero-order valence-corrected chi connectivity index (χ0v) is 26.5. The van der Waals surface area contributed by atoms with Crippen LogP contribution in [0.5, 0.6) is 0 Å². The highest BCUT2D eigenvalue weighted by Gasteiger charge is 2.18. The van der Waals surface area contributed by atoms with E-state index in [0.717, 1.165) is 49.4 Å². The monoisotopic (exact) mass is 645 g/mol. The first-order chi connectivity index (χ1) is 26.9. The fourth-order valence-electron chi connectivity index (χ4n) is 6.83. The van der Waals surface area contributed by atoms with Gasteiger partial charge in [0, 0.05) is 49.5 Å². The van der Waals surface area contributed by atoms with Crippen LogP contribution in [0.2, 0.25) is 0 Å². The van der Waals surface area contributed by atoms with Crippen LogP contribution in [0.25, 0.3) is 94.7 Å². The van der Waals surface area contributed by atoms with Gasteiger partial charge in [0.15, 0.2) is 17.5 Å². The molecule has 0 spiro atoms. The highest BCUT2D eigenvalue weighted by molar-refractivity contribution is 6.11. The van der Waals surface area contributed by atoms with Crippen LogP contribution >= 0.6 is 0 Å². The Kier molecular flexibility index (Phi) is 5.35. The summed E-state index contributed by atoms with van der Waals surface area (Å²) in [5, 5.41) is 3.85. The lowest BCUT2D eigenvalue weighted by Gasteiger charge is -2.10. The van der Waals surface area contributed by atoms with Gasteiger partial charge in [-0.15, -0.1) is 0 Å². The molecule has 0 unspecified atom stereocenters. The van der Waals surface area contributed by atoms with Crippen LogP contribution in [-0.2, 0) is 0 Å². The van der Waals surface area contributed by atoms with Gasteiger partial charge in [-0.3, -0.25) is 0 Å². The molecule has 3 heterocycles. The Morgan fingerprint density at radius 2 is 1.08 bits per heavy atom. The minimum Gasteiger partial charge on any atom is -0.455 e. The third-order valence-electron chi connectivity index (χ3n) is 9.14. The van der Waals surface area contributed by atoms with Crippen molar-refractivity contribution in [3.63, 3.8) is 0 Å². The van der Waals surface area contributed by atoms with E-state index in [1.807, 2.05) is 72.8 Å². The first-order valence-corrected chi connectivity index (χ1v) is 16.3. The molecule has 50 heavy (non-hydrogen) atoms. The van der Waals surface area contributed by atoms with E-state index in [1.54, 1.807) is 12.1 Å². The first kappa shape index (κ1) is 23.5. The van der Waals surface area contributed by atoms with Gasteiger partial charge < -0.3 is 8.98 Å². The lowest BCUT2D eigenvalue weighted by Crippen LogP contribution is -2.00. The average Bonchev–Trinajstić information content (AvgIpc) is 3.78. The third kappa shape index (κ3) is 4.60. The molecule has 0 aliphatic heterocycles. The van der Waals surface area contributed by atoms with Crippen LogP contribution in [0.3, 0.4) is 0 Å². The molecule has 3 aromatic heterocycles. The maximum atomic E-state index is 8.60. The molecule has 0 saturated carbocycles. The number of hydrogen-bond donors (Lipinski definition) is 0. The Balaban J connectivity index is 1.16. The summed E-state index contributed by atoms with van der Waals surface area (Å²) in [6.45, 7) is 0. The number of para-hydroxylation sites is 3. The number of furan rings is 1. The largest absolute Gasteiger partial charge is 0.455 e. The molecule has 5 heteroatoms. The molecule has 0 radical (unpaired) electrons. The van der Waals surface area contributed by atoms with Crippen LogP contribution in [0.1, 0.15) is 6.85 Å². The predicted molar refractivity (Wildman–Crippen MR) is 203 cm³/mol. The highest BCUT2D eigenvalue weighted by Crippen LogP contribution is 2.38. The maximum absolute atomic E-state index is 8.60. The van der Waals surface area contributed by atoms with Crippen molar-refractivity contribution in [2.45, 2.75) is 0 Å². The molecule has 0 amide bonds. The number of fused-ring (bicyclic) bond motifs is 6. The SMILES string of the molecule is [2H]c1c([2H])c([2H])c(-c2cccc3c2oc2cc(-c4nc(-c5ccccc5)nc(-c5ccc6c7ccccc7n(-c7ccccc7)c6c5)n4)ccc23)c([2H])c1[2H]. The van der Waals surface area contributed by atoms with E-state index < -0.39 is 18.1 Å². The summed E-state index contributed by atoms with van der Waals surface area (Å²) in [5.41, 5.74) is 7.07. The second-order valence-electron chi connectivity index (χ2n) is 12.1. The molecule has 0 saturated heterocycles. The van der Waals surface area contributed by atoms with Crippen LogP contribution in [0.15, 0.2) is 174 Å². The topological polar surface area (TPSA) is 56.7 Å². The first-order valence-electron chi connectivity index (χ1n) is 18.8. The molecule has 10 aromatic rings. The molecule has 0 aliphatic rings. The Hall–Kier alpha value is -6.85. The van der Waals surface area contributed by atoms with E-state index in [1.165, 1.54) is 0 Å². The smallest absolute Gasteiger partial charge is 0.164 e. The summed E-state index contributed by atoms with van der Waals surface area (Å²) in [6, 6.07) is 44.2. The van der Waals surface area contributed by atoms with E-state index in [4.69, 9.17) is 26.2 Å². The van der Waals surface area contributed by atoms with Gasteiger partial charge in [-0.2, -0.15) is 0 Å². The standard InChI is InChI=1S/C45H28N4O/c1-4-13-29(14-5-1)34-20-12-21-38-37-26-24-32(28-41(37)50-42(34)38)45-47-43(30-15-6-2-7-16-30)46-44(48-45)31-23-25-36-35-19-10-11-22-39(35)49(40(36)27-31)33-17-8-3-9-18-33/h1-28H/i1D,4D,5D,13D,14D. The molecule has 234 valence electrons. The van der Waals surface area contributed by atoms with Crippen molar-refractivity contribution in [3.8, 4) is 51.0 Å². The quantitative estimate of drug-likeness (QED) is 0.187. The zero-order valence-electron chi connectivity index (χ0n) is 31.5. The van der Waals surface area contributed by atoms with Gasteiger partial charge in [0.1, 0.15) is 11.2 Å². The van der Waals surface area contributed by atoms with Crippen molar-refractivity contribution in [1.29, 1.82) is 0 Å². The Labute approximate surface area is 294 Å². The molecule has 0 fully saturated rings. The van der Waals surface area contributed by atoms with Gasteiger partial charge in [-0.1, -0.05) is 133 Å². The summed E-state index contributed by atoms with van der Waals surface area (Å²) < 4.78 is 50.5. The highest BCUT2D eigenvalue weighted by atomic mass is 16.3. The summed E-state index contributed by atoms with van der Waals surface area (Å²) >= 11 is 0. The number of nitrogens with zero attached hydrogens (tertiary/aromatic N) is 4. The summed E-state index contributed by atoms with van der Waals surface area (Å²) in [5.74, 6) is 1.50. The van der Waals surface area contributed by atoms with Gasteiger partial charge in [-0.05, 0) is 42.0 Å². The van der Waals surface area contributed by atoms with Crippen molar-refractivity contribution < 1.29 is 11.3 Å². The molecule has 0 aliphatic carbocycles. The van der Waals surface area contributed by atoms with Crippen LogP contribution < -0.4 is 0 Å². The maximum Gasteiger partial charge on any atom is 0.164 e. The third-order valence-corrected chi connectivity index (χ3v) is 9.14. The van der Waals surface area contributed by atoms with Gasteiger partial charge in [0.2, 0.25) is 0 Å². The second-order valence-corrected chi connectivity index (χ2v) is 12.1. The number of rotatable bonds is 5. The fraction of sp³-hybridized carbons (Fsp3) is 0. The van der Waals surface area contributed by atoms with E-state index in [9.17, 15) is 0 Å². The fourth-order valence-corrected chi connectivity index (χ4v) is 6.83. The molecule has 0 N–H and O–H groups in total. The molecule has 0 bridgehead atoms. The van der Waals surface area contributed by atoms with Gasteiger partial charge in [0.25, 0.3) is 0 Å². The zero-order chi connectivity index (χ0) is 37.4. The molecule has 10 rings (SSSR count).